The first-order chi connectivity index (χ1) is 14.7. The molecule has 2 aliphatic rings. The van der Waals surface area contributed by atoms with Crippen LogP contribution in [0.2, 0.25) is 0 Å². The average Bonchev–Trinajstić information content (AvgIpc) is 3.15. The molecule has 1 saturated heterocycles. The van der Waals surface area contributed by atoms with Crippen molar-refractivity contribution in [2.75, 3.05) is 46.4 Å². The van der Waals surface area contributed by atoms with Gasteiger partial charge in [0.25, 0.3) is 5.91 Å². The van der Waals surface area contributed by atoms with E-state index in [1.165, 1.54) is 24.9 Å². The molecule has 3 heterocycles. The quantitative estimate of drug-likeness (QED) is 0.671. The topological polar surface area (TPSA) is 50.6 Å². The van der Waals surface area contributed by atoms with E-state index in [1.807, 2.05) is 9.58 Å². The molecule has 6 nitrogen and oxygen atoms in total. The van der Waals surface area contributed by atoms with Gasteiger partial charge in [0.1, 0.15) is 5.69 Å². The molecule has 1 atom stereocenters. The number of benzene rings is 1. The van der Waals surface area contributed by atoms with Gasteiger partial charge in [-0.1, -0.05) is 30.3 Å². The minimum atomic E-state index is 0.0961. The number of methoxy groups -OCH3 is 1. The lowest BCUT2D eigenvalue weighted by Gasteiger charge is -2.32. The zero-order valence-corrected chi connectivity index (χ0v) is 18.1. The van der Waals surface area contributed by atoms with Crippen LogP contribution >= 0.6 is 0 Å². The zero-order valence-electron chi connectivity index (χ0n) is 18.1. The number of nitrogens with zero attached hydrogens (tertiary/aromatic N) is 4. The van der Waals surface area contributed by atoms with Crippen LogP contribution in [0.4, 0.5) is 0 Å². The van der Waals surface area contributed by atoms with Crippen molar-refractivity contribution in [1.29, 1.82) is 0 Å². The van der Waals surface area contributed by atoms with Gasteiger partial charge in [0, 0.05) is 39.2 Å². The normalized spacial score (nSPS) is 20.2. The standard InChI is InChI=1S/C24H34N4O2/c1-30-17-16-27-14-7-15-28-23(24(27)29)18-22(25-28)21-11-6-13-26(19-21)12-5-10-20-8-3-2-4-9-20/h2-4,8-9,18,21H,5-7,10-17,19H2,1H3. The SMILES string of the molecule is COCCN1CCCn2nc(C3CCCN(CCCc4ccccc4)C3)cc2C1=O. The van der Waals surface area contributed by atoms with E-state index in [9.17, 15) is 4.79 Å². The van der Waals surface area contributed by atoms with Gasteiger partial charge in [-0.2, -0.15) is 5.10 Å². The van der Waals surface area contributed by atoms with E-state index in [4.69, 9.17) is 9.84 Å². The summed E-state index contributed by atoms with van der Waals surface area (Å²) >= 11 is 0. The third-order valence-electron chi connectivity index (χ3n) is 6.37. The maximum absolute atomic E-state index is 13.0. The summed E-state index contributed by atoms with van der Waals surface area (Å²) in [7, 11) is 1.68. The number of fused-ring (bicyclic) bond motifs is 1. The van der Waals surface area contributed by atoms with E-state index in [1.54, 1.807) is 7.11 Å². The van der Waals surface area contributed by atoms with Gasteiger partial charge in [0.15, 0.2) is 0 Å². The highest BCUT2D eigenvalue weighted by atomic mass is 16.5. The summed E-state index contributed by atoms with van der Waals surface area (Å²) < 4.78 is 7.12. The molecular formula is C24H34N4O2. The number of piperidine rings is 1. The number of amides is 1. The Kier molecular flexibility index (Phi) is 7.18. The molecule has 1 fully saturated rings. The fourth-order valence-corrected chi connectivity index (χ4v) is 4.72. The van der Waals surface area contributed by atoms with Crippen molar-refractivity contribution in [2.24, 2.45) is 0 Å². The second kappa shape index (κ2) is 10.2. The van der Waals surface area contributed by atoms with E-state index in [0.29, 0.717) is 19.1 Å². The monoisotopic (exact) mass is 410 g/mol. The lowest BCUT2D eigenvalue weighted by Crippen LogP contribution is -2.35. The first-order valence-electron chi connectivity index (χ1n) is 11.4. The minimum absolute atomic E-state index is 0.0961. The molecule has 0 saturated carbocycles. The molecule has 6 heteroatoms. The first-order valence-corrected chi connectivity index (χ1v) is 11.4. The highest BCUT2D eigenvalue weighted by Gasteiger charge is 2.28. The van der Waals surface area contributed by atoms with Crippen LogP contribution in [-0.4, -0.2) is 71.9 Å². The number of hydrogen-bond acceptors (Lipinski definition) is 4. The number of carbonyl (C=O) groups is 1. The van der Waals surface area contributed by atoms with Crippen LogP contribution in [0.15, 0.2) is 36.4 Å². The molecule has 2 aliphatic heterocycles. The molecule has 1 amide bonds. The van der Waals surface area contributed by atoms with Gasteiger partial charge in [-0.15, -0.1) is 0 Å². The minimum Gasteiger partial charge on any atom is -0.383 e. The lowest BCUT2D eigenvalue weighted by molar-refractivity contribution is 0.0698. The van der Waals surface area contributed by atoms with Gasteiger partial charge < -0.3 is 14.5 Å². The number of aromatic nitrogens is 2. The summed E-state index contributed by atoms with van der Waals surface area (Å²) in [5, 5.41) is 4.87. The van der Waals surface area contributed by atoms with Crippen LogP contribution in [0.1, 0.15) is 53.3 Å². The average molecular weight is 411 g/mol. The van der Waals surface area contributed by atoms with Gasteiger partial charge in [-0.25, -0.2) is 0 Å². The van der Waals surface area contributed by atoms with E-state index in [-0.39, 0.29) is 5.91 Å². The summed E-state index contributed by atoms with van der Waals surface area (Å²) in [6.07, 6.45) is 5.62. The van der Waals surface area contributed by atoms with Gasteiger partial charge in [-0.05, 0) is 56.8 Å². The molecule has 0 aliphatic carbocycles. The molecule has 2 aromatic rings. The molecule has 30 heavy (non-hydrogen) atoms. The number of hydrogen-bond donors (Lipinski definition) is 0. The van der Waals surface area contributed by atoms with Crippen LogP contribution in [0.3, 0.4) is 0 Å². The van der Waals surface area contributed by atoms with Crippen molar-refractivity contribution in [1.82, 2.24) is 19.6 Å². The Morgan fingerprint density at radius 2 is 1.97 bits per heavy atom. The maximum atomic E-state index is 13.0. The van der Waals surface area contributed by atoms with Gasteiger partial charge in [0.2, 0.25) is 0 Å². The summed E-state index contributed by atoms with van der Waals surface area (Å²) in [4.78, 5) is 17.5. The van der Waals surface area contributed by atoms with E-state index in [2.05, 4.69) is 41.3 Å². The van der Waals surface area contributed by atoms with Crippen molar-refractivity contribution in [3.05, 3.63) is 53.3 Å². The molecular weight excluding hydrogens is 376 g/mol. The molecule has 162 valence electrons. The fraction of sp³-hybridized carbons (Fsp3) is 0.583. The van der Waals surface area contributed by atoms with E-state index in [0.717, 1.165) is 56.8 Å². The Labute approximate surface area is 179 Å². The van der Waals surface area contributed by atoms with Crippen molar-refractivity contribution in [3.8, 4) is 0 Å². The Hall–Kier alpha value is -2.18. The molecule has 1 aromatic heterocycles. The Balaban J connectivity index is 1.36. The third-order valence-corrected chi connectivity index (χ3v) is 6.37. The van der Waals surface area contributed by atoms with Crippen LogP contribution in [0.5, 0.6) is 0 Å². The van der Waals surface area contributed by atoms with Crippen LogP contribution in [0.25, 0.3) is 0 Å². The highest BCUT2D eigenvalue weighted by molar-refractivity contribution is 5.93. The summed E-state index contributed by atoms with van der Waals surface area (Å²) in [5.41, 5.74) is 3.26. The number of likely N-dealkylation sites (tertiary alicyclic amines) is 1. The highest BCUT2D eigenvalue weighted by Crippen LogP contribution is 2.28. The third kappa shape index (κ3) is 5.10. The van der Waals surface area contributed by atoms with Crippen LogP contribution in [0, 0.1) is 0 Å². The van der Waals surface area contributed by atoms with Crippen molar-refractivity contribution in [3.63, 3.8) is 0 Å². The van der Waals surface area contributed by atoms with Crippen LogP contribution < -0.4 is 0 Å². The largest absolute Gasteiger partial charge is 0.383 e. The van der Waals surface area contributed by atoms with Crippen LogP contribution in [-0.2, 0) is 17.7 Å². The predicted molar refractivity (Wildman–Crippen MR) is 118 cm³/mol. The van der Waals surface area contributed by atoms with E-state index < -0.39 is 0 Å². The van der Waals surface area contributed by atoms with Gasteiger partial charge >= 0.3 is 0 Å². The Morgan fingerprint density at radius 1 is 1.10 bits per heavy atom. The Morgan fingerprint density at radius 3 is 2.80 bits per heavy atom. The van der Waals surface area contributed by atoms with Crippen molar-refractivity contribution < 1.29 is 9.53 Å². The molecule has 1 unspecified atom stereocenters. The molecule has 0 spiro atoms. The molecule has 0 N–H and O–H groups in total. The summed E-state index contributed by atoms with van der Waals surface area (Å²) in [6.45, 7) is 6.16. The number of aryl methyl sites for hydroxylation is 2. The smallest absolute Gasteiger partial charge is 0.272 e. The summed E-state index contributed by atoms with van der Waals surface area (Å²) in [6, 6.07) is 12.8. The second-order valence-electron chi connectivity index (χ2n) is 8.55. The summed E-state index contributed by atoms with van der Waals surface area (Å²) in [5.74, 6) is 0.522. The predicted octanol–water partition coefficient (Wildman–Crippen LogP) is 3.19. The second-order valence-corrected chi connectivity index (χ2v) is 8.55. The first kappa shape index (κ1) is 21.1. The van der Waals surface area contributed by atoms with Gasteiger partial charge in [0.05, 0.1) is 12.3 Å². The zero-order chi connectivity index (χ0) is 20.8. The maximum Gasteiger partial charge on any atom is 0.272 e. The number of ether oxygens (including phenoxy) is 1. The molecule has 4 rings (SSSR count). The fourth-order valence-electron chi connectivity index (χ4n) is 4.72. The van der Waals surface area contributed by atoms with E-state index >= 15 is 0 Å². The molecule has 1 aromatic carbocycles. The number of rotatable bonds is 8. The molecule has 0 bridgehead atoms. The lowest BCUT2D eigenvalue weighted by atomic mass is 9.94. The number of carbonyl (C=O) groups excluding carboxylic acids is 1. The van der Waals surface area contributed by atoms with Crippen molar-refractivity contribution in [2.45, 2.75) is 44.6 Å². The molecule has 0 radical (unpaired) electrons. The van der Waals surface area contributed by atoms with Crippen molar-refractivity contribution >= 4 is 5.91 Å². The van der Waals surface area contributed by atoms with Gasteiger partial charge in [-0.3, -0.25) is 9.48 Å². The Bertz CT molecular complexity index is 820.